The minimum Gasteiger partial charge on any atom is -0.0656 e. The molecular formula is C12H20I2Si2. The van der Waals surface area contributed by atoms with Crippen molar-refractivity contribution in [2.45, 2.75) is 39.3 Å². The summed E-state index contributed by atoms with van der Waals surface area (Å²) >= 11 is 5.01. The molecule has 0 atom stereocenters. The van der Waals surface area contributed by atoms with Gasteiger partial charge in [0.1, 0.15) is 0 Å². The van der Waals surface area contributed by atoms with Crippen LogP contribution in [0.4, 0.5) is 0 Å². The second-order valence-electron chi connectivity index (χ2n) is 6.32. The fraction of sp³-hybridized carbons (Fsp3) is 0.500. The first kappa shape index (κ1) is 15.2. The van der Waals surface area contributed by atoms with E-state index in [1.807, 2.05) is 0 Å². The number of rotatable bonds is 2. The average Bonchev–Trinajstić information content (AvgIpc) is 2.05. The first-order valence-electron chi connectivity index (χ1n) is 5.53. The Morgan fingerprint density at radius 2 is 1.31 bits per heavy atom. The van der Waals surface area contributed by atoms with Crippen molar-refractivity contribution in [1.82, 2.24) is 0 Å². The zero-order valence-corrected chi connectivity index (χ0v) is 17.2. The lowest BCUT2D eigenvalue weighted by Gasteiger charge is -2.25. The summed E-state index contributed by atoms with van der Waals surface area (Å²) in [5.74, 6) is 0. The molecule has 0 bridgehead atoms. The van der Waals surface area contributed by atoms with Crippen LogP contribution in [0.3, 0.4) is 0 Å². The maximum absolute atomic E-state index is 2.52. The van der Waals surface area contributed by atoms with Crippen LogP contribution in [0, 0.1) is 7.14 Å². The molecule has 4 heteroatoms. The van der Waals surface area contributed by atoms with Gasteiger partial charge in [-0.1, -0.05) is 50.5 Å². The van der Waals surface area contributed by atoms with E-state index >= 15 is 0 Å². The summed E-state index contributed by atoms with van der Waals surface area (Å²) in [6.45, 7) is 14.6. The highest BCUT2D eigenvalue weighted by Crippen LogP contribution is 2.17. The second kappa shape index (κ2) is 5.01. The van der Waals surface area contributed by atoms with Crippen molar-refractivity contribution in [3.8, 4) is 0 Å². The molecular weight excluding hydrogens is 454 g/mol. The van der Waals surface area contributed by atoms with Gasteiger partial charge < -0.3 is 0 Å². The van der Waals surface area contributed by atoms with E-state index in [1.165, 1.54) is 7.14 Å². The Hall–Kier alpha value is 1.11. The highest BCUT2D eigenvalue weighted by atomic mass is 127. The lowest BCUT2D eigenvalue weighted by molar-refractivity contribution is 1.59. The minimum atomic E-state index is -1.21. The van der Waals surface area contributed by atoms with E-state index in [4.69, 9.17) is 0 Å². The van der Waals surface area contributed by atoms with Crippen LogP contribution >= 0.6 is 45.2 Å². The molecule has 1 rings (SSSR count). The van der Waals surface area contributed by atoms with Crippen molar-refractivity contribution in [2.75, 3.05) is 0 Å². The van der Waals surface area contributed by atoms with Crippen LogP contribution in [0.5, 0.6) is 0 Å². The van der Waals surface area contributed by atoms with Gasteiger partial charge >= 0.3 is 0 Å². The quantitative estimate of drug-likeness (QED) is 0.450. The van der Waals surface area contributed by atoms with E-state index < -0.39 is 16.1 Å². The number of benzene rings is 1. The van der Waals surface area contributed by atoms with Crippen LogP contribution < -0.4 is 10.4 Å². The van der Waals surface area contributed by atoms with E-state index in [1.54, 1.807) is 10.4 Å². The largest absolute Gasteiger partial charge is 0.0790 e. The molecule has 0 spiro atoms. The van der Waals surface area contributed by atoms with E-state index in [9.17, 15) is 0 Å². The standard InChI is InChI=1S/C12H20I2Si2/c1-15(2,3)9-7-10(13)12(14)11(8-9)16(4,5)6/h7-8H,1-6H3. The molecule has 0 N–H and O–H groups in total. The highest BCUT2D eigenvalue weighted by molar-refractivity contribution is 14.1. The Morgan fingerprint density at radius 1 is 0.812 bits per heavy atom. The van der Waals surface area contributed by atoms with Gasteiger partial charge in [-0.2, -0.15) is 0 Å². The molecule has 0 unspecified atom stereocenters. The zero-order valence-electron chi connectivity index (χ0n) is 10.9. The topological polar surface area (TPSA) is 0 Å². The Kier molecular flexibility index (Phi) is 4.75. The van der Waals surface area contributed by atoms with E-state index in [2.05, 4.69) is 96.6 Å². The van der Waals surface area contributed by atoms with Crippen molar-refractivity contribution in [3.05, 3.63) is 19.3 Å². The normalized spacial score (nSPS) is 13.0. The molecule has 0 aliphatic rings. The summed E-state index contributed by atoms with van der Waals surface area (Å²) in [4.78, 5) is 0. The highest BCUT2D eigenvalue weighted by Gasteiger charge is 2.25. The molecule has 0 radical (unpaired) electrons. The Morgan fingerprint density at radius 3 is 1.69 bits per heavy atom. The molecule has 16 heavy (non-hydrogen) atoms. The van der Waals surface area contributed by atoms with E-state index in [-0.39, 0.29) is 0 Å². The van der Waals surface area contributed by atoms with Crippen LogP contribution in [0.15, 0.2) is 12.1 Å². The summed E-state index contributed by atoms with van der Waals surface area (Å²) in [5, 5.41) is 3.24. The van der Waals surface area contributed by atoms with Crippen LogP contribution in [0.2, 0.25) is 39.3 Å². The fourth-order valence-corrected chi connectivity index (χ4v) is 8.16. The van der Waals surface area contributed by atoms with Crippen molar-refractivity contribution < 1.29 is 0 Å². The van der Waals surface area contributed by atoms with Crippen molar-refractivity contribution in [3.63, 3.8) is 0 Å². The van der Waals surface area contributed by atoms with Gasteiger partial charge in [-0.15, -0.1) is 0 Å². The van der Waals surface area contributed by atoms with E-state index in [0.29, 0.717) is 0 Å². The third-order valence-electron chi connectivity index (χ3n) is 2.70. The summed E-state index contributed by atoms with van der Waals surface area (Å²) in [7, 11) is -2.39. The van der Waals surface area contributed by atoms with Crippen LogP contribution in [-0.4, -0.2) is 16.1 Å². The first-order valence-corrected chi connectivity index (χ1v) is 14.7. The van der Waals surface area contributed by atoms with Gasteiger partial charge in [0.05, 0.1) is 16.1 Å². The monoisotopic (exact) mass is 474 g/mol. The van der Waals surface area contributed by atoms with Gasteiger partial charge in [0.25, 0.3) is 0 Å². The first-order chi connectivity index (χ1) is 7.03. The van der Waals surface area contributed by atoms with Gasteiger partial charge in [0.2, 0.25) is 0 Å². The summed E-state index contributed by atoms with van der Waals surface area (Å²) in [6, 6.07) is 4.90. The lowest BCUT2D eigenvalue weighted by Crippen LogP contribution is -2.47. The summed E-state index contributed by atoms with van der Waals surface area (Å²) in [5.41, 5.74) is 0. The van der Waals surface area contributed by atoms with Gasteiger partial charge in [-0.3, -0.25) is 0 Å². The Balaban J connectivity index is 3.46. The molecule has 0 fully saturated rings. The van der Waals surface area contributed by atoms with Crippen LogP contribution in [0.1, 0.15) is 0 Å². The zero-order chi connectivity index (χ0) is 12.7. The minimum absolute atomic E-state index is 1.18. The fourth-order valence-electron chi connectivity index (χ4n) is 1.57. The second-order valence-corrected chi connectivity index (χ2v) is 18.7. The smallest absolute Gasteiger partial charge is 0.0656 e. The van der Waals surface area contributed by atoms with Gasteiger partial charge in [-0.05, 0) is 56.4 Å². The summed E-state index contributed by atoms with van der Waals surface area (Å²) in [6.07, 6.45) is 0. The molecule has 0 saturated carbocycles. The molecule has 0 aliphatic heterocycles. The third kappa shape index (κ3) is 3.55. The van der Waals surface area contributed by atoms with E-state index in [0.717, 1.165) is 0 Å². The predicted molar refractivity (Wildman–Crippen MR) is 97.8 cm³/mol. The molecule has 0 aliphatic carbocycles. The molecule has 1 aromatic rings. The van der Waals surface area contributed by atoms with Crippen molar-refractivity contribution >= 4 is 71.7 Å². The number of hydrogen-bond donors (Lipinski definition) is 0. The number of hydrogen-bond acceptors (Lipinski definition) is 0. The molecule has 90 valence electrons. The van der Waals surface area contributed by atoms with Crippen molar-refractivity contribution in [2.24, 2.45) is 0 Å². The van der Waals surface area contributed by atoms with Gasteiger partial charge in [0, 0.05) is 7.14 Å². The molecule has 0 heterocycles. The summed E-state index contributed by atoms with van der Waals surface area (Å²) < 4.78 is 2.93. The van der Waals surface area contributed by atoms with Gasteiger partial charge in [-0.25, -0.2) is 0 Å². The maximum Gasteiger partial charge on any atom is 0.0790 e. The van der Waals surface area contributed by atoms with Crippen LogP contribution in [-0.2, 0) is 0 Å². The van der Waals surface area contributed by atoms with Gasteiger partial charge in [0.15, 0.2) is 0 Å². The SMILES string of the molecule is C[Si](C)(C)c1cc(I)c(I)c([Si](C)(C)C)c1. The number of halogens is 2. The van der Waals surface area contributed by atoms with Crippen molar-refractivity contribution in [1.29, 1.82) is 0 Å². The molecule has 0 saturated heterocycles. The lowest BCUT2D eigenvalue weighted by atomic mass is 10.4. The Bertz CT molecular complexity index is 401. The molecule has 0 nitrogen and oxygen atoms in total. The predicted octanol–water partition coefficient (Wildman–Crippen LogP) is 3.99. The maximum atomic E-state index is 2.52. The molecule has 1 aromatic carbocycles. The Labute approximate surface area is 129 Å². The van der Waals surface area contributed by atoms with Crippen LogP contribution in [0.25, 0.3) is 0 Å². The third-order valence-corrected chi connectivity index (χ3v) is 10.3. The molecule has 0 amide bonds. The molecule has 0 aromatic heterocycles. The average molecular weight is 474 g/mol.